The minimum Gasteiger partial charge on any atom is -0.481 e. The van der Waals surface area contributed by atoms with E-state index in [9.17, 15) is 14.0 Å². The fourth-order valence-corrected chi connectivity index (χ4v) is 2.39. The highest BCUT2D eigenvalue weighted by Gasteiger charge is 2.19. The fourth-order valence-electron chi connectivity index (χ4n) is 1.76. The number of amides is 1. The lowest BCUT2D eigenvalue weighted by Crippen LogP contribution is -2.29. The quantitative estimate of drug-likeness (QED) is 0.891. The van der Waals surface area contributed by atoms with Crippen molar-refractivity contribution in [2.24, 2.45) is 0 Å². The molecule has 0 spiro atoms. The first-order chi connectivity index (χ1) is 9.56. The molecule has 2 aromatic rings. The van der Waals surface area contributed by atoms with Crippen molar-refractivity contribution in [2.45, 2.75) is 12.5 Å². The van der Waals surface area contributed by atoms with Gasteiger partial charge in [0.1, 0.15) is 5.82 Å². The van der Waals surface area contributed by atoms with Crippen LogP contribution in [-0.2, 0) is 4.79 Å². The summed E-state index contributed by atoms with van der Waals surface area (Å²) in [4.78, 5) is 23.4. The topological polar surface area (TPSA) is 66.4 Å². The molecule has 0 bridgehead atoms. The highest BCUT2D eigenvalue weighted by atomic mass is 32.1. The Hall–Kier alpha value is -2.21. The van der Waals surface area contributed by atoms with Gasteiger partial charge in [0, 0.05) is 0 Å². The smallest absolute Gasteiger partial charge is 0.305 e. The number of carbonyl (C=O) groups is 2. The van der Waals surface area contributed by atoms with Gasteiger partial charge in [-0.2, -0.15) is 0 Å². The van der Waals surface area contributed by atoms with E-state index in [-0.39, 0.29) is 12.3 Å². The predicted molar refractivity (Wildman–Crippen MR) is 73.2 cm³/mol. The van der Waals surface area contributed by atoms with Crippen LogP contribution in [0.3, 0.4) is 0 Å². The van der Waals surface area contributed by atoms with Crippen molar-refractivity contribution in [2.75, 3.05) is 0 Å². The van der Waals surface area contributed by atoms with Gasteiger partial charge in [-0.25, -0.2) is 4.39 Å². The van der Waals surface area contributed by atoms with Crippen LogP contribution in [0, 0.1) is 5.82 Å². The van der Waals surface area contributed by atoms with Crippen LogP contribution in [0.2, 0.25) is 0 Å². The van der Waals surface area contributed by atoms with E-state index < -0.39 is 17.8 Å². The third-order valence-electron chi connectivity index (χ3n) is 2.70. The second-order valence-electron chi connectivity index (χ2n) is 4.15. The number of aliphatic carboxylic acids is 1. The fraction of sp³-hybridized carbons (Fsp3) is 0.143. The molecular weight excluding hydrogens is 281 g/mol. The number of halogens is 1. The summed E-state index contributed by atoms with van der Waals surface area (Å²) in [5.41, 5.74) is 0.554. The average molecular weight is 293 g/mol. The summed E-state index contributed by atoms with van der Waals surface area (Å²) in [6.45, 7) is 0. The number of carbonyl (C=O) groups excluding carboxylic acids is 1. The lowest BCUT2D eigenvalue weighted by atomic mass is 10.0. The number of rotatable bonds is 5. The Morgan fingerprint density at radius 3 is 2.50 bits per heavy atom. The van der Waals surface area contributed by atoms with Crippen LogP contribution in [0.25, 0.3) is 0 Å². The van der Waals surface area contributed by atoms with Crippen molar-refractivity contribution in [3.05, 3.63) is 58.0 Å². The molecule has 1 aromatic carbocycles. The SMILES string of the molecule is O=C(O)C[C@H](NC(=O)c1cccs1)c1ccc(F)cc1. The zero-order chi connectivity index (χ0) is 14.5. The first-order valence-corrected chi connectivity index (χ1v) is 6.76. The molecule has 1 heterocycles. The van der Waals surface area contributed by atoms with Crippen LogP contribution in [0.15, 0.2) is 41.8 Å². The molecule has 0 unspecified atom stereocenters. The van der Waals surface area contributed by atoms with Crippen molar-refractivity contribution in [3.8, 4) is 0 Å². The Bertz CT molecular complexity index is 595. The standard InChI is InChI=1S/C14H12FNO3S/c15-10-5-3-9(4-6-10)11(8-13(17)18)16-14(19)12-2-1-7-20-12/h1-7,11H,8H2,(H,16,19)(H,17,18)/t11-/m0/s1. The summed E-state index contributed by atoms with van der Waals surface area (Å²) in [6, 6.07) is 8.12. The summed E-state index contributed by atoms with van der Waals surface area (Å²) in [5, 5.41) is 13.3. The van der Waals surface area contributed by atoms with Crippen molar-refractivity contribution in [3.63, 3.8) is 0 Å². The maximum Gasteiger partial charge on any atom is 0.305 e. The summed E-state index contributed by atoms with van der Waals surface area (Å²) in [5.74, 6) is -1.78. The first kappa shape index (κ1) is 14.2. The van der Waals surface area contributed by atoms with Gasteiger partial charge in [0.15, 0.2) is 0 Å². The van der Waals surface area contributed by atoms with Gasteiger partial charge >= 0.3 is 5.97 Å². The van der Waals surface area contributed by atoms with E-state index in [0.717, 1.165) is 0 Å². The molecule has 0 aliphatic carbocycles. The van der Waals surface area contributed by atoms with Gasteiger partial charge in [-0.05, 0) is 29.1 Å². The normalized spacial score (nSPS) is 11.8. The van der Waals surface area contributed by atoms with Crippen LogP contribution in [-0.4, -0.2) is 17.0 Å². The van der Waals surface area contributed by atoms with Crippen LogP contribution in [0.4, 0.5) is 4.39 Å². The van der Waals surface area contributed by atoms with E-state index in [1.54, 1.807) is 17.5 Å². The van der Waals surface area contributed by atoms with E-state index in [2.05, 4.69) is 5.32 Å². The van der Waals surface area contributed by atoms with Crippen molar-refractivity contribution < 1.29 is 19.1 Å². The van der Waals surface area contributed by atoms with E-state index in [1.165, 1.54) is 35.6 Å². The maximum atomic E-state index is 12.9. The van der Waals surface area contributed by atoms with Crippen molar-refractivity contribution in [1.29, 1.82) is 0 Å². The van der Waals surface area contributed by atoms with E-state index in [0.29, 0.717) is 10.4 Å². The zero-order valence-corrected chi connectivity index (χ0v) is 11.2. The summed E-state index contributed by atoms with van der Waals surface area (Å²) < 4.78 is 12.9. The first-order valence-electron chi connectivity index (χ1n) is 5.88. The number of thiophene rings is 1. The summed E-state index contributed by atoms with van der Waals surface area (Å²) >= 11 is 1.27. The average Bonchev–Trinajstić information content (AvgIpc) is 2.92. The molecule has 6 heteroatoms. The Kier molecular flexibility index (Phi) is 4.47. The number of carboxylic acids is 1. The van der Waals surface area contributed by atoms with Crippen LogP contribution in [0.1, 0.15) is 27.7 Å². The lowest BCUT2D eigenvalue weighted by Gasteiger charge is -2.17. The predicted octanol–water partition coefficient (Wildman–Crippen LogP) is 2.83. The van der Waals surface area contributed by atoms with Crippen LogP contribution < -0.4 is 5.32 Å². The van der Waals surface area contributed by atoms with E-state index in [4.69, 9.17) is 5.11 Å². The third kappa shape index (κ3) is 3.64. The van der Waals surface area contributed by atoms with Crippen molar-refractivity contribution >= 4 is 23.2 Å². The van der Waals surface area contributed by atoms with Gasteiger partial charge in [0.05, 0.1) is 17.3 Å². The molecule has 0 aliphatic rings. The highest BCUT2D eigenvalue weighted by Crippen LogP contribution is 2.19. The Morgan fingerprint density at radius 1 is 1.25 bits per heavy atom. The van der Waals surface area contributed by atoms with Gasteiger partial charge in [0.2, 0.25) is 0 Å². The van der Waals surface area contributed by atoms with E-state index in [1.807, 2.05) is 0 Å². The van der Waals surface area contributed by atoms with Gasteiger partial charge in [-0.15, -0.1) is 11.3 Å². The summed E-state index contributed by atoms with van der Waals surface area (Å²) in [7, 11) is 0. The number of hydrogen-bond donors (Lipinski definition) is 2. The molecule has 0 fully saturated rings. The Morgan fingerprint density at radius 2 is 1.95 bits per heavy atom. The second kappa shape index (κ2) is 6.29. The molecule has 1 aromatic heterocycles. The highest BCUT2D eigenvalue weighted by molar-refractivity contribution is 7.12. The largest absolute Gasteiger partial charge is 0.481 e. The molecule has 0 radical (unpaired) electrons. The number of hydrogen-bond acceptors (Lipinski definition) is 3. The number of carboxylic acid groups (broad SMARTS) is 1. The molecular formula is C14H12FNO3S. The second-order valence-corrected chi connectivity index (χ2v) is 5.10. The number of nitrogens with one attached hydrogen (secondary N) is 1. The third-order valence-corrected chi connectivity index (χ3v) is 3.57. The molecule has 0 saturated carbocycles. The number of benzene rings is 1. The minimum absolute atomic E-state index is 0.261. The molecule has 2 rings (SSSR count). The maximum absolute atomic E-state index is 12.9. The van der Waals surface area contributed by atoms with Crippen molar-refractivity contribution in [1.82, 2.24) is 5.32 Å². The van der Waals surface area contributed by atoms with Gasteiger partial charge in [-0.1, -0.05) is 18.2 Å². The molecule has 104 valence electrons. The van der Waals surface area contributed by atoms with Gasteiger partial charge in [0.25, 0.3) is 5.91 Å². The molecule has 20 heavy (non-hydrogen) atoms. The summed E-state index contributed by atoms with van der Waals surface area (Å²) in [6.07, 6.45) is -0.261. The van der Waals surface area contributed by atoms with Crippen LogP contribution in [0.5, 0.6) is 0 Å². The molecule has 1 amide bonds. The van der Waals surface area contributed by atoms with Gasteiger partial charge < -0.3 is 10.4 Å². The van der Waals surface area contributed by atoms with Crippen LogP contribution >= 0.6 is 11.3 Å². The molecule has 1 atom stereocenters. The van der Waals surface area contributed by atoms with E-state index >= 15 is 0 Å². The molecule has 2 N–H and O–H groups in total. The Balaban J connectivity index is 2.17. The minimum atomic E-state index is -1.04. The zero-order valence-electron chi connectivity index (χ0n) is 10.4. The Labute approximate surface area is 118 Å². The molecule has 4 nitrogen and oxygen atoms in total. The van der Waals surface area contributed by atoms with Gasteiger partial charge in [-0.3, -0.25) is 9.59 Å². The molecule has 0 saturated heterocycles. The lowest BCUT2D eigenvalue weighted by molar-refractivity contribution is -0.137. The monoisotopic (exact) mass is 293 g/mol. The molecule has 0 aliphatic heterocycles.